The summed E-state index contributed by atoms with van der Waals surface area (Å²) in [6, 6.07) is 6.16. The summed E-state index contributed by atoms with van der Waals surface area (Å²) in [4.78, 5) is 15.0. The fourth-order valence-electron chi connectivity index (χ4n) is 1.92. The second kappa shape index (κ2) is 5.25. The van der Waals surface area contributed by atoms with Gasteiger partial charge in [-0.15, -0.1) is 10.2 Å². The van der Waals surface area contributed by atoms with Crippen molar-refractivity contribution in [2.24, 2.45) is 0 Å². The van der Waals surface area contributed by atoms with Gasteiger partial charge in [-0.25, -0.2) is 4.39 Å². The second-order valence-corrected chi connectivity index (χ2v) is 5.95. The molecule has 0 bridgehead atoms. The Balaban J connectivity index is 1.84. The number of nitrogens with zero attached hydrogens (tertiary/aromatic N) is 2. The summed E-state index contributed by atoms with van der Waals surface area (Å²) in [7, 11) is 0. The van der Waals surface area contributed by atoms with E-state index in [1.54, 1.807) is 12.1 Å². The minimum atomic E-state index is -0.364. The first-order valence-electron chi connectivity index (χ1n) is 6.46. The molecule has 0 spiro atoms. The number of carbonyl (C=O) groups is 1. The van der Waals surface area contributed by atoms with Gasteiger partial charge in [0.25, 0.3) is 5.91 Å². The molecule has 0 unspecified atom stereocenters. The van der Waals surface area contributed by atoms with Gasteiger partial charge in [0.15, 0.2) is 0 Å². The highest BCUT2D eigenvalue weighted by molar-refractivity contribution is 7.15. The van der Waals surface area contributed by atoms with Crippen molar-refractivity contribution in [1.29, 1.82) is 0 Å². The minimum absolute atomic E-state index is 0.260. The fourth-order valence-corrected chi connectivity index (χ4v) is 2.66. The molecule has 3 aromatic rings. The van der Waals surface area contributed by atoms with Gasteiger partial charge in [0.2, 0.25) is 5.13 Å². The fraction of sp³-hybridized carbons (Fsp3) is 0.214. The normalized spacial score (nSPS) is 11.2. The van der Waals surface area contributed by atoms with Crippen LogP contribution in [0.5, 0.6) is 0 Å². The number of hydrogen-bond acceptors (Lipinski definition) is 4. The molecule has 2 N–H and O–H groups in total. The number of benzene rings is 1. The molecule has 108 valence electrons. The molecule has 3 rings (SSSR count). The first kappa shape index (κ1) is 13.7. The van der Waals surface area contributed by atoms with Crippen LogP contribution in [0.4, 0.5) is 9.52 Å². The summed E-state index contributed by atoms with van der Waals surface area (Å²) in [5.41, 5.74) is 0.872. The Morgan fingerprint density at radius 3 is 2.86 bits per heavy atom. The zero-order chi connectivity index (χ0) is 15.0. The van der Waals surface area contributed by atoms with E-state index in [1.807, 2.05) is 13.8 Å². The molecule has 1 amide bonds. The van der Waals surface area contributed by atoms with Crippen molar-refractivity contribution < 1.29 is 9.18 Å². The van der Waals surface area contributed by atoms with Crippen LogP contribution < -0.4 is 5.32 Å². The van der Waals surface area contributed by atoms with E-state index in [1.165, 1.54) is 23.5 Å². The number of aromatic amines is 1. The largest absolute Gasteiger partial charge is 0.350 e. The Labute approximate surface area is 124 Å². The van der Waals surface area contributed by atoms with E-state index in [-0.39, 0.29) is 23.3 Å². The zero-order valence-electron chi connectivity index (χ0n) is 11.5. The van der Waals surface area contributed by atoms with Crippen LogP contribution in [0.1, 0.15) is 35.3 Å². The van der Waals surface area contributed by atoms with Gasteiger partial charge in [-0.05, 0) is 18.2 Å². The quantitative estimate of drug-likeness (QED) is 0.777. The van der Waals surface area contributed by atoms with E-state index in [0.717, 1.165) is 5.01 Å². The summed E-state index contributed by atoms with van der Waals surface area (Å²) in [5.74, 6) is -0.465. The molecular formula is C14H13FN4OS. The van der Waals surface area contributed by atoms with E-state index >= 15 is 0 Å². The lowest BCUT2D eigenvalue weighted by molar-refractivity contribution is 0.102. The number of halogens is 1. The van der Waals surface area contributed by atoms with Crippen molar-refractivity contribution in [3.05, 3.63) is 40.8 Å². The average Bonchev–Trinajstić information content (AvgIpc) is 3.05. The van der Waals surface area contributed by atoms with Crippen LogP contribution in [0.3, 0.4) is 0 Å². The number of fused-ring (bicyclic) bond motifs is 1. The van der Waals surface area contributed by atoms with Gasteiger partial charge < -0.3 is 4.98 Å². The summed E-state index contributed by atoms with van der Waals surface area (Å²) >= 11 is 1.33. The van der Waals surface area contributed by atoms with Gasteiger partial charge >= 0.3 is 0 Å². The Morgan fingerprint density at radius 1 is 1.38 bits per heavy atom. The lowest BCUT2D eigenvalue weighted by Gasteiger charge is -1.97. The Bertz CT molecular complexity index is 808. The number of nitrogens with one attached hydrogen (secondary N) is 2. The summed E-state index contributed by atoms with van der Waals surface area (Å²) < 4.78 is 13.6. The van der Waals surface area contributed by atoms with E-state index in [9.17, 15) is 9.18 Å². The highest BCUT2D eigenvalue weighted by Crippen LogP contribution is 2.23. The van der Waals surface area contributed by atoms with Crippen LogP contribution in [-0.2, 0) is 0 Å². The number of carbonyl (C=O) groups excluding carboxylic acids is 1. The van der Waals surface area contributed by atoms with Gasteiger partial charge in [0, 0.05) is 16.8 Å². The number of anilines is 1. The zero-order valence-corrected chi connectivity index (χ0v) is 12.3. The molecule has 0 atom stereocenters. The third-order valence-electron chi connectivity index (χ3n) is 3.01. The van der Waals surface area contributed by atoms with Crippen LogP contribution >= 0.6 is 11.3 Å². The lowest BCUT2D eigenvalue weighted by atomic mass is 10.2. The first-order valence-corrected chi connectivity index (χ1v) is 7.28. The van der Waals surface area contributed by atoms with Crippen LogP contribution in [0.2, 0.25) is 0 Å². The lowest BCUT2D eigenvalue weighted by Crippen LogP contribution is -2.11. The van der Waals surface area contributed by atoms with E-state index in [2.05, 4.69) is 20.5 Å². The first-order chi connectivity index (χ1) is 10.0. The molecule has 21 heavy (non-hydrogen) atoms. The van der Waals surface area contributed by atoms with Crippen molar-refractivity contribution in [2.75, 3.05) is 5.32 Å². The number of hydrogen-bond donors (Lipinski definition) is 2. The average molecular weight is 304 g/mol. The van der Waals surface area contributed by atoms with E-state index < -0.39 is 0 Å². The Hall–Kier alpha value is -2.28. The molecule has 0 saturated heterocycles. The summed E-state index contributed by atoms with van der Waals surface area (Å²) in [6.07, 6.45) is 0. The molecule has 0 aliphatic rings. The van der Waals surface area contributed by atoms with Gasteiger partial charge in [0.1, 0.15) is 16.5 Å². The highest BCUT2D eigenvalue weighted by Gasteiger charge is 2.14. The maximum absolute atomic E-state index is 13.6. The smallest absolute Gasteiger partial charge is 0.273 e. The van der Waals surface area contributed by atoms with Crippen LogP contribution in [0.25, 0.3) is 10.9 Å². The molecule has 0 aliphatic carbocycles. The van der Waals surface area contributed by atoms with E-state index in [0.29, 0.717) is 16.0 Å². The number of H-pyrrole nitrogens is 1. The highest BCUT2D eigenvalue weighted by atomic mass is 32.1. The minimum Gasteiger partial charge on any atom is -0.350 e. The predicted molar refractivity (Wildman–Crippen MR) is 80.2 cm³/mol. The molecule has 7 heteroatoms. The van der Waals surface area contributed by atoms with Crippen molar-refractivity contribution in [3.63, 3.8) is 0 Å². The third-order valence-corrected chi connectivity index (χ3v) is 4.15. The van der Waals surface area contributed by atoms with Crippen molar-refractivity contribution in [1.82, 2.24) is 15.2 Å². The van der Waals surface area contributed by atoms with Crippen molar-refractivity contribution in [3.8, 4) is 0 Å². The molecule has 0 saturated carbocycles. The maximum Gasteiger partial charge on any atom is 0.273 e. The number of rotatable bonds is 3. The van der Waals surface area contributed by atoms with Crippen molar-refractivity contribution >= 4 is 33.3 Å². The Kier molecular flexibility index (Phi) is 3.42. The number of amides is 1. The SMILES string of the molecule is CC(C)c1nnc(NC(=O)c2cc3c(F)cccc3[nH]2)s1. The summed E-state index contributed by atoms with van der Waals surface area (Å²) in [5, 5.41) is 12.3. The van der Waals surface area contributed by atoms with Crippen molar-refractivity contribution in [2.45, 2.75) is 19.8 Å². The third kappa shape index (κ3) is 2.64. The van der Waals surface area contributed by atoms with Crippen LogP contribution in [0.15, 0.2) is 24.3 Å². The molecule has 0 aliphatic heterocycles. The topological polar surface area (TPSA) is 70.7 Å². The molecule has 0 fully saturated rings. The van der Waals surface area contributed by atoms with Gasteiger partial charge in [-0.3, -0.25) is 10.1 Å². The van der Waals surface area contributed by atoms with E-state index in [4.69, 9.17) is 0 Å². The maximum atomic E-state index is 13.6. The van der Waals surface area contributed by atoms with Crippen LogP contribution in [0, 0.1) is 5.82 Å². The van der Waals surface area contributed by atoms with Gasteiger partial charge in [0.05, 0.1) is 0 Å². The molecule has 5 nitrogen and oxygen atoms in total. The molecule has 0 radical (unpaired) electrons. The second-order valence-electron chi connectivity index (χ2n) is 4.94. The Morgan fingerprint density at radius 2 is 2.19 bits per heavy atom. The standard InChI is InChI=1S/C14H13FN4OS/c1-7(2)13-18-19-14(21-13)17-12(20)11-6-8-9(15)4-3-5-10(8)16-11/h3-7,16H,1-2H3,(H,17,19,20). The number of aromatic nitrogens is 3. The van der Waals surface area contributed by atoms with Crippen LogP contribution in [-0.4, -0.2) is 21.1 Å². The monoisotopic (exact) mass is 304 g/mol. The summed E-state index contributed by atoms with van der Waals surface area (Å²) in [6.45, 7) is 4.01. The molecular weight excluding hydrogens is 291 g/mol. The van der Waals surface area contributed by atoms with Gasteiger partial charge in [-0.1, -0.05) is 31.3 Å². The van der Waals surface area contributed by atoms with Gasteiger partial charge in [-0.2, -0.15) is 0 Å². The predicted octanol–water partition coefficient (Wildman–Crippen LogP) is 3.53. The molecule has 1 aromatic carbocycles. The molecule has 2 aromatic heterocycles. The molecule has 2 heterocycles.